The van der Waals surface area contributed by atoms with Gasteiger partial charge in [-0.15, -0.1) is 11.6 Å². The van der Waals surface area contributed by atoms with Crippen LogP contribution in [0.2, 0.25) is 0 Å². The lowest BCUT2D eigenvalue weighted by atomic mass is 10.3. The van der Waals surface area contributed by atoms with E-state index in [0.29, 0.717) is 35.0 Å². The number of hydrogen-bond donors (Lipinski definition) is 3. The maximum atomic E-state index is 12.2. The fourth-order valence-electron chi connectivity index (χ4n) is 2.12. The molecular formula is C13H14ClN9O. The minimum absolute atomic E-state index is 0.0475. The van der Waals surface area contributed by atoms with Crippen LogP contribution in [0.15, 0.2) is 18.6 Å². The van der Waals surface area contributed by atoms with Gasteiger partial charge in [-0.1, -0.05) is 0 Å². The van der Waals surface area contributed by atoms with Gasteiger partial charge >= 0.3 is 0 Å². The van der Waals surface area contributed by atoms with E-state index < -0.39 is 5.91 Å². The van der Waals surface area contributed by atoms with E-state index >= 15 is 0 Å². The number of carbonyl (C=O) groups is 1. The van der Waals surface area contributed by atoms with Gasteiger partial charge in [0, 0.05) is 18.3 Å². The Labute approximate surface area is 141 Å². The van der Waals surface area contributed by atoms with E-state index in [1.165, 1.54) is 12.4 Å². The van der Waals surface area contributed by atoms with Crippen molar-refractivity contribution in [2.45, 2.75) is 13.5 Å². The fraction of sp³-hybridized carbons (Fsp3) is 0.231. The molecule has 11 heteroatoms. The zero-order valence-electron chi connectivity index (χ0n) is 12.7. The van der Waals surface area contributed by atoms with Gasteiger partial charge in [-0.05, 0) is 6.92 Å². The van der Waals surface area contributed by atoms with E-state index in [2.05, 4.69) is 35.9 Å². The second kappa shape index (κ2) is 6.62. The lowest BCUT2D eigenvalue weighted by Gasteiger charge is -2.09. The number of amides is 1. The van der Waals surface area contributed by atoms with Gasteiger partial charge in [0.2, 0.25) is 5.95 Å². The molecule has 0 fully saturated rings. The van der Waals surface area contributed by atoms with Crippen LogP contribution >= 0.6 is 11.6 Å². The number of nitrogens with two attached hydrogens (primary N) is 1. The minimum Gasteiger partial charge on any atom is -0.368 e. The van der Waals surface area contributed by atoms with Crippen molar-refractivity contribution in [2.24, 2.45) is 0 Å². The summed E-state index contributed by atoms with van der Waals surface area (Å²) in [7, 11) is 0. The van der Waals surface area contributed by atoms with Crippen molar-refractivity contribution in [3.05, 3.63) is 30.0 Å². The first-order valence-electron chi connectivity index (χ1n) is 6.99. The molecule has 0 bridgehead atoms. The third kappa shape index (κ3) is 3.04. The highest BCUT2D eigenvalue weighted by Crippen LogP contribution is 2.20. The molecule has 24 heavy (non-hydrogen) atoms. The highest BCUT2D eigenvalue weighted by atomic mass is 35.5. The Hall–Kier alpha value is -3.01. The molecular weight excluding hydrogens is 334 g/mol. The van der Waals surface area contributed by atoms with Crippen molar-refractivity contribution < 1.29 is 4.79 Å². The Morgan fingerprint density at radius 2 is 2.12 bits per heavy atom. The lowest BCUT2D eigenvalue weighted by molar-refractivity contribution is 0.0956. The number of nitrogens with zero attached hydrogens (tertiary/aromatic N) is 6. The maximum absolute atomic E-state index is 12.2. The van der Waals surface area contributed by atoms with Gasteiger partial charge in [-0.2, -0.15) is 15.1 Å². The molecule has 3 aromatic rings. The summed E-state index contributed by atoms with van der Waals surface area (Å²) in [5.74, 6) is 0.310. The number of nitrogens with one attached hydrogen (secondary N) is 2. The number of hydrogen-bond acceptors (Lipinski definition) is 8. The highest BCUT2D eigenvalue weighted by Gasteiger charge is 2.14. The molecule has 0 aromatic carbocycles. The average molecular weight is 348 g/mol. The van der Waals surface area contributed by atoms with Crippen molar-refractivity contribution in [2.75, 3.05) is 17.0 Å². The second-order valence-electron chi connectivity index (χ2n) is 4.79. The van der Waals surface area contributed by atoms with Crippen molar-refractivity contribution in [3.8, 4) is 0 Å². The van der Waals surface area contributed by atoms with Gasteiger partial charge in [0.05, 0.1) is 23.8 Å². The maximum Gasteiger partial charge on any atom is 0.290 e. The predicted molar refractivity (Wildman–Crippen MR) is 88.3 cm³/mol. The molecule has 0 aliphatic rings. The molecule has 0 atom stereocenters. The number of rotatable bonds is 5. The number of alkyl halides is 1. The normalized spacial score (nSPS) is 10.8. The molecule has 1 amide bonds. The number of hydrazine groups is 1. The van der Waals surface area contributed by atoms with Gasteiger partial charge in [0.15, 0.2) is 17.2 Å². The lowest BCUT2D eigenvalue weighted by Crippen LogP contribution is -2.31. The first-order valence-corrected chi connectivity index (χ1v) is 7.52. The standard InChI is InChI=1S/C13H14ClN9O/c1-7-9(17-4-3-16-7)12(24)22-21-10-8-6-18-23(5-2-14)11(8)20-13(15)19-10/h3-4,6H,2,5H2,1H3,(H,22,24)(H3,15,19,20,21). The summed E-state index contributed by atoms with van der Waals surface area (Å²) in [5, 5.41) is 4.79. The third-order valence-electron chi connectivity index (χ3n) is 3.20. The van der Waals surface area contributed by atoms with Crippen LogP contribution in [0.1, 0.15) is 16.2 Å². The summed E-state index contributed by atoms with van der Waals surface area (Å²) < 4.78 is 1.61. The molecule has 4 N–H and O–H groups in total. The fourth-order valence-corrected chi connectivity index (χ4v) is 2.28. The minimum atomic E-state index is -0.445. The van der Waals surface area contributed by atoms with E-state index in [4.69, 9.17) is 17.3 Å². The van der Waals surface area contributed by atoms with Crippen LogP contribution in [0.4, 0.5) is 11.8 Å². The number of aromatic nitrogens is 6. The molecule has 0 saturated heterocycles. The summed E-state index contributed by atoms with van der Waals surface area (Å²) in [5.41, 5.74) is 12.2. The van der Waals surface area contributed by atoms with Crippen LogP contribution in [-0.4, -0.2) is 41.5 Å². The molecule has 10 nitrogen and oxygen atoms in total. The van der Waals surface area contributed by atoms with Crippen LogP contribution in [0.25, 0.3) is 11.0 Å². The Morgan fingerprint density at radius 3 is 2.88 bits per heavy atom. The summed E-state index contributed by atoms with van der Waals surface area (Å²) in [6.07, 6.45) is 4.53. The summed E-state index contributed by atoms with van der Waals surface area (Å²) >= 11 is 5.74. The molecule has 3 aromatic heterocycles. The highest BCUT2D eigenvalue weighted by molar-refractivity contribution is 6.17. The molecule has 0 spiro atoms. The largest absolute Gasteiger partial charge is 0.368 e. The average Bonchev–Trinajstić information content (AvgIpc) is 2.96. The van der Waals surface area contributed by atoms with Crippen molar-refractivity contribution in [1.29, 1.82) is 0 Å². The van der Waals surface area contributed by atoms with Gasteiger partial charge in [0.25, 0.3) is 5.91 Å². The second-order valence-corrected chi connectivity index (χ2v) is 5.17. The number of halogens is 1. The van der Waals surface area contributed by atoms with Gasteiger partial charge in [-0.3, -0.25) is 20.6 Å². The molecule has 0 aliphatic carbocycles. The summed E-state index contributed by atoms with van der Waals surface area (Å²) in [4.78, 5) is 28.4. The van der Waals surface area contributed by atoms with Gasteiger partial charge in [0.1, 0.15) is 0 Å². The quantitative estimate of drug-likeness (QED) is 0.448. The van der Waals surface area contributed by atoms with Crippen molar-refractivity contribution in [3.63, 3.8) is 0 Å². The van der Waals surface area contributed by atoms with Crippen LogP contribution < -0.4 is 16.6 Å². The zero-order valence-corrected chi connectivity index (χ0v) is 13.4. The predicted octanol–water partition coefficient (Wildman–Crippen LogP) is 0.503. The molecule has 0 saturated carbocycles. The van der Waals surface area contributed by atoms with Crippen LogP contribution in [0.5, 0.6) is 0 Å². The topological polar surface area (TPSA) is 137 Å². The van der Waals surface area contributed by atoms with E-state index in [9.17, 15) is 4.79 Å². The van der Waals surface area contributed by atoms with Crippen LogP contribution in [0.3, 0.4) is 0 Å². The third-order valence-corrected chi connectivity index (χ3v) is 3.37. The number of fused-ring (bicyclic) bond motifs is 1. The molecule has 0 aliphatic heterocycles. The Balaban J connectivity index is 1.85. The van der Waals surface area contributed by atoms with Gasteiger partial charge < -0.3 is 5.73 Å². The van der Waals surface area contributed by atoms with E-state index in [0.717, 1.165) is 0 Å². The van der Waals surface area contributed by atoms with Crippen molar-refractivity contribution in [1.82, 2.24) is 35.1 Å². The Bertz CT molecular complexity index is 894. The zero-order chi connectivity index (χ0) is 17.1. The molecule has 3 heterocycles. The monoisotopic (exact) mass is 347 g/mol. The van der Waals surface area contributed by atoms with Crippen LogP contribution in [0, 0.1) is 6.92 Å². The molecule has 0 radical (unpaired) electrons. The summed E-state index contributed by atoms with van der Waals surface area (Å²) in [6.45, 7) is 2.17. The van der Waals surface area contributed by atoms with Gasteiger partial charge in [-0.25, -0.2) is 9.67 Å². The number of aryl methyl sites for hydroxylation is 2. The number of anilines is 2. The number of nitrogen functional groups attached to an aromatic ring is 1. The number of carbonyl (C=O) groups excluding carboxylic acids is 1. The molecule has 124 valence electrons. The first-order chi connectivity index (χ1) is 11.6. The van der Waals surface area contributed by atoms with Crippen molar-refractivity contribution >= 4 is 40.3 Å². The van der Waals surface area contributed by atoms with E-state index in [1.807, 2.05) is 0 Å². The van der Waals surface area contributed by atoms with Crippen LogP contribution in [-0.2, 0) is 6.54 Å². The molecule has 0 unspecified atom stereocenters. The molecule has 3 rings (SSSR count). The Morgan fingerprint density at radius 1 is 1.33 bits per heavy atom. The van der Waals surface area contributed by atoms with E-state index in [1.54, 1.807) is 17.8 Å². The smallest absolute Gasteiger partial charge is 0.290 e. The van der Waals surface area contributed by atoms with E-state index in [-0.39, 0.29) is 11.6 Å². The first kappa shape index (κ1) is 15.9. The summed E-state index contributed by atoms with van der Waals surface area (Å²) in [6, 6.07) is 0. The Kier molecular flexibility index (Phi) is 4.38. The SMILES string of the molecule is Cc1nccnc1C(=O)NNc1nc(N)nc2c1cnn2CCCl.